The summed E-state index contributed by atoms with van der Waals surface area (Å²) >= 11 is 0. The molecule has 0 bridgehead atoms. The summed E-state index contributed by atoms with van der Waals surface area (Å²) in [7, 11) is -3.57. The van der Waals surface area contributed by atoms with Crippen molar-refractivity contribution in [1.82, 2.24) is 9.71 Å². The van der Waals surface area contributed by atoms with Crippen LogP contribution in [0.15, 0.2) is 18.3 Å². The number of carbonyl (C=O) groups is 1. The van der Waals surface area contributed by atoms with Crippen LogP contribution in [0.3, 0.4) is 0 Å². The van der Waals surface area contributed by atoms with Gasteiger partial charge in [0.25, 0.3) is 5.91 Å². The fourth-order valence-corrected chi connectivity index (χ4v) is 1.28. The van der Waals surface area contributed by atoms with E-state index in [1.54, 1.807) is 4.72 Å². The molecular formula is C14H31BN3O3S. The van der Waals surface area contributed by atoms with Gasteiger partial charge in [0.15, 0.2) is 0 Å². The van der Waals surface area contributed by atoms with Crippen LogP contribution in [0.25, 0.3) is 0 Å². The molecule has 8 heteroatoms. The Morgan fingerprint density at radius 3 is 1.86 bits per heavy atom. The van der Waals surface area contributed by atoms with Gasteiger partial charge < -0.3 is 5.73 Å². The maximum Gasteiger partial charge on any atom is 0.268 e. The number of anilines is 1. The second-order valence-electron chi connectivity index (χ2n) is 2.64. The van der Waals surface area contributed by atoms with Gasteiger partial charge in [0.05, 0.1) is 11.8 Å². The number of nitrogens with two attached hydrogens (primary N) is 1. The van der Waals surface area contributed by atoms with Crippen molar-refractivity contribution in [3.63, 3.8) is 0 Å². The van der Waals surface area contributed by atoms with Gasteiger partial charge >= 0.3 is 0 Å². The highest BCUT2D eigenvalue weighted by molar-refractivity contribution is 7.89. The Morgan fingerprint density at radius 2 is 1.55 bits per heavy atom. The van der Waals surface area contributed by atoms with Crippen molar-refractivity contribution in [3.05, 3.63) is 23.9 Å². The first-order valence-electron chi connectivity index (χ1n) is 6.63. The van der Waals surface area contributed by atoms with E-state index in [1.807, 2.05) is 41.5 Å². The largest absolute Gasteiger partial charge is 0.383 e. The zero-order valence-corrected chi connectivity index (χ0v) is 14.8. The van der Waals surface area contributed by atoms with Gasteiger partial charge in [-0.3, -0.25) is 4.79 Å². The topological polar surface area (TPSA) is 102 Å². The van der Waals surface area contributed by atoms with Crippen LogP contribution in [0.4, 0.5) is 5.82 Å². The standard InChI is InChI=1S/C7H9N3O3S.3C2H6.CH4.B/c1-14(12,13)10-7(11)5-3-2-4-9-6(5)8;3*1-2;;/h2-4H,1H3,(H2,8,9)(H,10,11);3*1-2H3;1H4;. The normalized spacial score (nSPS) is 7.77. The van der Waals surface area contributed by atoms with Crippen LogP contribution in [0.1, 0.15) is 59.3 Å². The molecule has 3 N–H and O–H groups in total. The van der Waals surface area contributed by atoms with Crippen LogP contribution in [-0.4, -0.2) is 34.0 Å². The number of aromatic nitrogens is 1. The third-order valence-corrected chi connectivity index (χ3v) is 1.92. The number of nitrogens with one attached hydrogen (secondary N) is 1. The van der Waals surface area contributed by atoms with Gasteiger partial charge in [0, 0.05) is 14.6 Å². The highest BCUT2D eigenvalue weighted by atomic mass is 32.2. The number of nitrogen functional groups attached to an aromatic ring is 1. The average molecular weight is 332 g/mol. The Morgan fingerprint density at radius 1 is 1.14 bits per heavy atom. The van der Waals surface area contributed by atoms with E-state index in [9.17, 15) is 13.2 Å². The van der Waals surface area contributed by atoms with E-state index in [0.29, 0.717) is 0 Å². The fourth-order valence-electron chi connectivity index (χ4n) is 0.833. The van der Waals surface area contributed by atoms with E-state index in [-0.39, 0.29) is 27.2 Å². The first kappa shape index (κ1) is 32.4. The molecule has 0 aliphatic heterocycles. The summed E-state index contributed by atoms with van der Waals surface area (Å²) in [4.78, 5) is 14.9. The molecule has 0 spiro atoms. The van der Waals surface area contributed by atoms with Crippen molar-refractivity contribution in [1.29, 1.82) is 0 Å². The quantitative estimate of drug-likeness (QED) is 0.811. The molecule has 0 saturated carbocycles. The van der Waals surface area contributed by atoms with Crippen molar-refractivity contribution in [2.24, 2.45) is 0 Å². The van der Waals surface area contributed by atoms with Gasteiger partial charge in [0.1, 0.15) is 5.82 Å². The lowest BCUT2D eigenvalue weighted by atomic mass is 10.2. The number of rotatable bonds is 2. The number of carbonyl (C=O) groups excluding carboxylic acids is 1. The molecule has 1 heterocycles. The summed E-state index contributed by atoms with van der Waals surface area (Å²) in [6.07, 6.45) is 2.30. The molecular weight excluding hydrogens is 301 g/mol. The van der Waals surface area contributed by atoms with E-state index in [0.717, 1.165) is 6.26 Å². The van der Waals surface area contributed by atoms with Crippen LogP contribution in [0, 0.1) is 0 Å². The van der Waals surface area contributed by atoms with Crippen molar-refractivity contribution in [2.45, 2.75) is 49.0 Å². The minimum absolute atomic E-state index is 0. The number of pyridine rings is 1. The molecule has 1 aromatic heterocycles. The van der Waals surface area contributed by atoms with Gasteiger partial charge in [-0.25, -0.2) is 18.1 Å². The lowest BCUT2D eigenvalue weighted by Crippen LogP contribution is -2.30. The van der Waals surface area contributed by atoms with Crippen molar-refractivity contribution in [3.8, 4) is 0 Å². The van der Waals surface area contributed by atoms with Crippen LogP contribution in [0.2, 0.25) is 0 Å². The molecule has 0 saturated heterocycles. The highest BCUT2D eigenvalue weighted by Gasteiger charge is 2.13. The molecule has 0 atom stereocenters. The van der Waals surface area contributed by atoms with Crippen LogP contribution >= 0.6 is 0 Å². The second kappa shape index (κ2) is 19.4. The average Bonchev–Trinajstić information content (AvgIpc) is 2.44. The highest BCUT2D eigenvalue weighted by Crippen LogP contribution is 2.06. The first-order valence-corrected chi connectivity index (χ1v) is 8.52. The summed E-state index contributed by atoms with van der Waals surface area (Å²) in [6, 6.07) is 2.89. The SMILES string of the molecule is C.CC.CC.CC.CS(=O)(=O)NC(=O)c1cccnc1N.[B]. The minimum Gasteiger partial charge on any atom is -0.383 e. The second-order valence-corrected chi connectivity index (χ2v) is 4.39. The summed E-state index contributed by atoms with van der Waals surface area (Å²) < 4.78 is 23.3. The number of sulfonamides is 1. The van der Waals surface area contributed by atoms with Gasteiger partial charge in [-0.05, 0) is 12.1 Å². The van der Waals surface area contributed by atoms with Crippen molar-refractivity contribution in [2.75, 3.05) is 12.0 Å². The Balaban J connectivity index is -0.000000108. The maximum atomic E-state index is 11.3. The zero-order chi connectivity index (χ0) is 16.8. The lowest BCUT2D eigenvalue weighted by Gasteiger charge is -2.03. The molecule has 1 rings (SSSR count). The molecule has 0 aliphatic rings. The van der Waals surface area contributed by atoms with Gasteiger partial charge in [-0.2, -0.15) is 0 Å². The molecule has 6 nitrogen and oxygen atoms in total. The van der Waals surface area contributed by atoms with Crippen molar-refractivity contribution >= 4 is 30.2 Å². The number of nitrogens with zero attached hydrogens (tertiary/aromatic N) is 1. The first-order chi connectivity index (χ1) is 9.40. The molecule has 129 valence electrons. The van der Waals surface area contributed by atoms with Crippen LogP contribution < -0.4 is 10.5 Å². The Hall–Kier alpha value is -1.57. The van der Waals surface area contributed by atoms with Gasteiger partial charge in [0.2, 0.25) is 10.0 Å². The Labute approximate surface area is 138 Å². The molecule has 0 aromatic carbocycles. The minimum atomic E-state index is -3.57. The fraction of sp³-hybridized carbons (Fsp3) is 0.571. The molecule has 3 radical (unpaired) electrons. The molecule has 22 heavy (non-hydrogen) atoms. The Bertz CT molecular complexity index is 466. The van der Waals surface area contributed by atoms with E-state index >= 15 is 0 Å². The van der Waals surface area contributed by atoms with Crippen LogP contribution in [-0.2, 0) is 10.0 Å². The van der Waals surface area contributed by atoms with E-state index in [4.69, 9.17) is 5.73 Å². The van der Waals surface area contributed by atoms with E-state index in [1.165, 1.54) is 18.3 Å². The smallest absolute Gasteiger partial charge is 0.268 e. The summed E-state index contributed by atoms with van der Waals surface area (Å²) in [5.41, 5.74) is 5.41. The summed E-state index contributed by atoms with van der Waals surface area (Å²) in [5.74, 6) is -0.785. The molecule has 0 unspecified atom stereocenters. The summed E-state index contributed by atoms with van der Waals surface area (Å²) in [5, 5.41) is 0. The zero-order valence-electron chi connectivity index (χ0n) is 14.0. The number of amides is 1. The Kier molecular flexibility index (Phi) is 28.6. The van der Waals surface area contributed by atoms with Crippen LogP contribution in [0.5, 0.6) is 0 Å². The number of hydrogen-bond acceptors (Lipinski definition) is 5. The monoisotopic (exact) mass is 332 g/mol. The number of hydrogen-bond donors (Lipinski definition) is 2. The van der Waals surface area contributed by atoms with Crippen molar-refractivity contribution < 1.29 is 13.2 Å². The predicted octanol–water partition coefficient (Wildman–Crippen LogP) is 2.69. The maximum absolute atomic E-state index is 11.3. The lowest BCUT2D eigenvalue weighted by molar-refractivity contribution is 0.0982. The molecule has 1 amide bonds. The molecule has 1 aromatic rings. The van der Waals surface area contributed by atoms with E-state index in [2.05, 4.69) is 4.98 Å². The predicted molar refractivity (Wildman–Crippen MR) is 97.5 cm³/mol. The third-order valence-electron chi connectivity index (χ3n) is 1.36. The summed E-state index contributed by atoms with van der Waals surface area (Å²) in [6.45, 7) is 12.0. The third kappa shape index (κ3) is 16.5. The van der Waals surface area contributed by atoms with Gasteiger partial charge in [-0.15, -0.1) is 0 Å². The molecule has 0 fully saturated rings. The molecule has 0 aliphatic carbocycles. The van der Waals surface area contributed by atoms with Gasteiger partial charge in [-0.1, -0.05) is 49.0 Å². The van der Waals surface area contributed by atoms with E-state index < -0.39 is 15.9 Å².